The summed E-state index contributed by atoms with van der Waals surface area (Å²) in [5.74, 6) is 0.122. The third kappa shape index (κ3) is 2.78. The first-order valence-electron chi connectivity index (χ1n) is 7.43. The van der Waals surface area contributed by atoms with E-state index in [0.717, 1.165) is 12.8 Å². The van der Waals surface area contributed by atoms with Gasteiger partial charge in [0.05, 0.1) is 0 Å². The Morgan fingerprint density at radius 1 is 1.10 bits per heavy atom. The number of benzene rings is 1. The van der Waals surface area contributed by atoms with E-state index in [1.807, 2.05) is 35.2 Å². The fraction of sp³-hybridized carbons (Fsp3) is 0.500. The van der Waals surface area contributed by atoms with Gasteiger partial charge < -0.3 is 14.9 Å². The molecule has 1 N–H and O–H groups in total. The van der Waals surface area contributed by atoms with Crippen molar-refractivity contribution in [3.05, 3.63) is 35.9 Å². The SMILES string of the molecule is O=C(c1ccccc1)N1C[C@@H]2CC[C@H](C1)N(C(=O)CO)C2. The van der Waals surface area contributed by atoms with Gasteiger partial charge in [0.15, 0.2) is 0 Å². The smallest absolute Gasteiger partial charge is 0.253 e. The maximum atomic E-state index is 12.6. The maximum absolute atomic E-state index is 12.6. The maximum Gasteiger partial charge on any atom is 0.253 e. The van der Waals surface area contributed by atoms with Crippen LogP contribution in [0.15, 0.2) is 30.3 Å². The van der Waals surface area contributed by atoms with Gasteiger partial charge in [-0.05, 0) is 30.9 Å². The van der Waals surface area contributed by atoms with Gasteiger partial charge in [0.1, 0.15) is 6.61 Å². The van der Waals surface area contributed by atoms with E-state index in [4.69, 9.17) is 5.11 Å². The number of hydrogen-bond acceptors (Lipinski definition) is 3. The van der Waals surface area contributed by atoms with E-state index in [9.17, 15) is 9.59 Å². The van der Waals surface area contributed by atoms with Crippen molar-refractivity contribution in [2.75, 3.05) is 26.2 Å². The molecule has 0 radical (unpaired) electrons. The Bertz CT molecular complexity index is 532. The fourth-order valence-electron chi connectivity index (χ4n) is 3.41. The minimum atomic E-state index is -0.449. The number of piperidine rings is 1. The van der Waals surface area contributed by atoms with Gasteiger partial charge in [-0.15, -0.1) is 0 Å². The van der Waals surface area contributed by atoms with Gasteiger partial charge in [-0.25, -0.2) is 0 Å². The molecule has 4 rings (SSSR count). The molecule has 3 aliphatic rings. The topological polar surface area (TPSA) is 60.9 Å². The van der Waals surface area contributed by atoms with E-state index in [1.54, 1.807) is 4.90 Å². The van der Waals surface area contributed by atoms with Gasteiger partial charge in [-0.3, -0.25) is 9.59 Å². The molecule has 1 aromatic rings. The van der Waals surface area contributed by atoms with Crippen molar-refractivity contribution in [2.24, 2.45) is 5.92 Å². The number of fused-ring (bicyclic) bond motifs is 4. The van der Waals surface area contributed by atoms with Crippen LogP contribution in [0.25, 0.3) is 0 Å². The van der Waals surface area contributed by atoms with Crippen molar-refractivity contribution < 1.29 is 14.7 Å². The minimum Gasteiger partial charge on any atom is -0.387 e. The number of aliphatic hydroxyl groups is 1. The summed E-state index contributed by atoms with van der Waals surface area (Å²) in [5.41, 5.74) is 0.693. The zero-order valence-corrected chi connectivity index (χ0v) is 11.9. The molecule has 0 aliphatic carbocycles. The summed E-state index contributed by atoms with van der Waals surface area (Å²) >= 11 is 0. The molecule has 3 saturated heterocycles. The average molecular weight is 288 g/mol. The summed E-state index contributed by atoms with van der Waals surface area (Å²) in [4.78, 5) is 28.0. The minimum absolute atomic E-state index is 0.0331. The van der Waals surface area contributed by atoms with Crippen LogP contribution in [0.1, 0.15) is 23.2 Å². The van der Waals surface area contributed by atoms with Crippen molar-refractivity contribution in [3.8, 4) is 0 Å². The van der Waals surface area contributed by atoms with Crippen LogP contribution < -0.4 is 0 Å². The molecule has 0 aromatic heterocycles. The van der Waals surface area contributed by atoms with Crippen LogP contribution in [-0.4, -0.2) is 59.0 Å². The summed E-state index contributed by atoms with van der Waals surface area (Å²) in [5, 5.41) is 9.09. The molecule has 5 nitrogen and oxygen atoms in total. The molecule has 3 aliphatic heterocycles. The first-order valence-corrected chi connectivity index (χ1v) is 7.43. The molecule has 0 spiro atoms. The normalized spacial score (nSPS) is 24.8. The summed E-state index contributed by atoms with van der Waals surface area (Å²) in [6, 6.07) is 9.31. The van der Waals surface area contributed by atoms with Crippen LogP contribution in [0.3, 0.4) is 0 Å². The van der Waals surface area contributed by atoms with Crippen molar-refractivity contribution in [2.45, 2.75) is 18.9 Å². The summed E-state index contributed by atoms with van der Waals surface area (Å²) in [7, 11) is 0. The number of nitrogens with zero attached hydrogens (tertiary/aromatic N) is 2. The van der Waals surface area contributed by atoms with Crippen molar-refractivity contribution >= 4 is 11.8 Å². The summed E-state index contributed by atoms with van der Waals surface area (Å²) in [6.07, 6.45) is 1.95. The predicted octanol–water partition coefficient (Wildman–Crippen LogP) is 0.742. The van der Waals surface area contributed by atoms with Gasteiger partial charge in [0.25, 0.3) is 5.91 Å². The second-order valence-corrected chi connectivity index (χ2v) is 5.88. The Kier molecular flexibility index (Phi) is 3.92. The summed E-state index contributed by atoms with van der Waals surface area (Å²) in [6.45, 7) is 1.47. The molecule has 2 atom stereocenters. The van der Waals surface area contributed by atoms with Crippen LogP contribution >= 0.6 is 0 Å². The number of rotatable bonds is 2. The van der Waals surface area contributed by atoms with Crippen molar-refractivity contribution in [3.63, 3.8) is 0 Å². The summed E-state index contributed by atoms with van der Waals surface area (Å²) < 4.78 is 0. The Balaban J connectivity index is 1.78. The lowest BCUT2D eigenvalue weighted by molar-refractivity contribution is -0.138. The fourth-order valence-corrected chi connectivity index (χ4v) is 3.41. The third-order valence-corrected chi connectivity index (χ3v) is 4.48. The first-order chi connectivity index (χ1) is 10.2. The van der Waals surface area contributed by atoms with Crippen LogP contribution in [-0.2, 0) is 4.79 Å². The van der Waals surface area contributed by atoms with E-state index in [2.05, 4.69) is 0 Å². The van der Waals surface area contributed by atoms with E-state index >= 15 is 0 Å². The van der Waals surface area contributed by atoms with E-state index < -0.39 is 6.61 Å². The zero-order valence-electron chi connectivity index (χ0n) is 11.9. The van der Waals surface area contributed by atoms with Gasteiger partial charge >= 0.3 is 0 Å². The Hall–Kier alpha value is -1.88. The highest BCUT2D eigenvalue weighted by Crippen LogP contribution is 2.28. The van der Waals surface area contributed by atoms with Crippen LogP contribution in [0.4, 0.5) is 0 Å². The van der Waals surface area contributed by atoms with E-state index in [1.165, 1.54) is 0 Å². The molecule has 5 heteroatoms. The van der Waals surface area contributed by atoms with Crippen molar-refractivity contribution in [1.29, 1.82) is 0 Å². The van der Waals surface area contributed by atoms with Crippen LogP contribution in [0, 0.1) is 5.92 Å². The third-order valence-electron chi connectivity index (χ3n) is 4.48. The molecule has 112 valence electrons. The lowest BCUT2D eigenvalue weighted by Crippen LogP contribution is -2.48. The number of aliphatic hydroxyl groups excluding tert-OH is 1. The number of amides is 2. The predicted molar refractivity (Wildman–Crippen MR) is 77.7 cm³/mol. The standard InChI is InChI=1S/C16H20N2O3/c19-11-15(20)18-9-12-6-7-14(18)10-17(8-12)16(21)13-4-2-1-3-5-13/h1-5,12,14,19H,6-11H2/t12-,14+/m0/s1. The lowest BCUT2D eigenvalue weighted by atomic mass is 9.95. The Morgan fingerprint density at radius 2 is 1.86 bits per heavy atom. The number of hydrogen-bond donors (Lipinski definition) is 1. The largest absolute Gasteiger partial charge is 0.387 e. The highest BCUT2D eigenvalue weighted by atomic mass is 16.3. The second-order valence-electron chi connectivity index (χ2n) is 5.88. The molecular formula is C16H20N2O3. The molecule has 2 amide bonds. The quantitative estimate of drug-likeness (QED) is 0.873. The molecule has 3 fully saturated rings. The Morgan fingerprint density at radius 3 is 2.57 bits per heavy atom. The van der Waals surface area contributed by atoms with Crippen molar-refractivity contribution in [1.82, 2.24) is 9.80 Å². The molecule has 2 bridgehead atoms. The molecule has 3 heterocycles. The van der Waals surface area contributed by atoms with Crippen LogP contribution in [0.5, 0.6) is 0 Å². The van der Waals surface area contributed by atoms with Gasteiger partial charge in [-0.1, -0.05) is 18.2 Å². The highest BCUT2D eigenvalue weighted by Gasteiger charge is 2.38. The highest BCUT2D eigenvalue weighted by molar-refractivity contribution is 5.94. The monoisotopic (exact) mass is 288 g/mol. The van der Waals surface area contributed by atoms with Gasteiger partial charge in [0.2, 0.25) is 5.91 Å². The molecular weight excluding hydrogens is 268 g/mol. The Labute approximate surface area is 124 Å². The van der Waals surface area contributed by atoms with Gasteiger partial charge in [-0.2, -0.15) is 0 Å². The number of carbonyl (C=O) groups excluding carboxylic acids is 2. The van der Waals surface area contributed by atoms with E-state index in [-0.39, 0.29) is 17.9 Å². The van der Waals surface area contributed by atoms with Gasteiger partial charge in [0, 0.05) is 31.2 Å². The second kappa shape index (κ2) is 5.85. The van der Waals surface area contributed by atoms with Crippen LogP contribution in [0.2, 0.25) is 0 Å². The van der Waals surface area contributed by atoms with E-state index in [0.29, 0.717) is 31.1 Å². The zero-order chi connectivity index (χ0) is 14.8. The number of carbonyl (C=O) groups is 2. The molecule has 0 unspecified atom stereocenters. The average Bonchev–Trinajstić information content (AvgIpc) is 2.86. The molecule has 21 heavy (non-hydrogen) atoms. The lowest BCUT2D eigenvalue weighted by Gasteiger charge is -2.35. The molecule has 1 aromatic carbocycles. The molecule has 0 saturated carbocycles. The first kappa shape index (κ1) is 14.1.